The van der Waals surface area contributed by atoms with Crippen LogP contribution in [0.3, 0.4) is 0 Å². The molecule has 5 rings (SSSR count). The molecule has 144 valence electrons. The number of benzene rings is 1. The lowest BCUT2D eigenvalue weighted by Crippen LogP contribution is -2.00. The molecule has 0 saturated heterocycles. The fourth-order valence-electron chi connectivity index (χ4n) is 3.17. The van der Waals surface area contributed by atoms with Crippen molar-refractivity contribution in [2.24, 2.45) is 0 Å². The molecular formula is C21H17N5O2S. The first-order valence-electron chi connectivity index (χ1n) is 8.94. The van der Waals surface area contributed by atoms with Gasteiger partial charge in [-0.1, -0.05) is 0 Å². The van der Waals surface area contributed by atoms with Crippen molar-refractivity contribution in [3.05, 3.63) is 60.9 Å². The van der Waals surface area contributed by atoms with Crippen molar-refractivity contribution in [2.45, 2.75) is 0 Å². The van der Waals surface area contributed by atoms with Crippen LogP contribution in [-0.4, -0.2) is 33.8 Å². The maximum Gasteiger partial charge on any atom is 0.162 e. The highest BCUT2D eigenvalue weighted by molar-refractivity contribution is 7.22. The van der Waals surface area contributed by atoms with Gasteiger partial charge in [0, 0.05) is 18.0 Å². The van der Waals surface area contributed by atoms with Crippen LogP contribution in [0.1, 0.15) is 0 Å². The second-order valence-electron chi connectivity index (χ2n) is 6.32. The molecule has 1 aromatic carbocycles. The van der Waals surface area contributed by atoms with Crippen LogP contribution in [0.2, 0.25) is 0 Å². The smallest absolute Gasteiger partial charge is 0.162 e. The van der Waals surface area contributed by atoms with Crippen molar-refractivity contribution in [2.75, 3.05) is 19.5 Å². The second kappa shape index (κ2) is 7.06. The quantitative estimate of drug-likeness (QED) is 0.456. The fraction of sp³-hybridized carbons (Fsp3) is 0.0952. The van der Waals surface area contributed by atoms with E-state index in [1.165, 1.54) is 0 Å². The Morgan fingerprint density at radius 1 is 0.966 bits per heavy atom. The number of aromatic nitrogens is 4. The lowest BCUT2D eigenvalue weighted by molar-refractivity contribution is 0.355. The molecule has 0 amide bonds. The number of methoxy groups -OCH3 is 2. The third-order valence-corrected chi connectivity index (χ3v) is 5.67. The lowest BCUT2D eigenvalue weighted by atomic mass is 10.2. The van der Waals surface area contributed by atoms with Crippen LogP contribution in [0, 0.1) is 0 Å². The van der Waals surface area contributed by atoms with Crippen molar-refractivity contribution in [3.63, 3.8) is 0 Å². The Kier molecular flexibility index (Phi) is 4.25. The zero-order chi connectivity index (χ0) is 19.8. The molecule has 0 aliphatic carbocycles. The molecule has 1 N–H and O–H groups in total. The van der Waals surface area contributed by atoms with Gasteiger partial charge in [-0.05, 0) is 42.5 Å². The van der Waals surface area contributed by atoms with E-state index in [0.717, 1.165) is 32.1 Å². The Balaban J connectivity index is 1.52. The Hall–Kier alpha value is -3.65. The van der Waals surface area contributed by atoms with E-state index in [1.54, 1.807) is 31.8 Å². The zero-order valence-corrected chi connectivity index (χ0v) is 16.6. The average Bonchev–Trinajstić information content (AvgIpc) is 3.37. The topological polar surface area (TPSA) is 73.6 Å². The van der Waals surface area contributed by atoms with E-state index in [9.17, 15) is 0 Å². The Labute approximate surface area is 170 Å². The number of hydrogen-bond acceptors (Lipinski definition) is 7. The highest BCUT2D eigenvalue weighted by Crippen LogP contribution is 2.33. The fourth-order valence-corrected chi connectivity index (χ4v) is 4.18. The first-order valence-corrected chi connectivity index (χ1v) is 9.75. The first kappa shape index (κ1) is 17.4. The minimum Gasteiger partial charge on any atom is -0.493 e. The molecular weight excluding hydrogens is 386 g/mol. The van der Waals surface area contributed by atoms with Gasteiger partial charge in [0.25, 0.3) is 0 Å². The van der Waals surface area contributed by atoms with Gasteiger partial charge in [-0.2, -0.15) is 0 Å². The van der Waals surface area contributed by atoms with E-state index >= 15 is 0 Å². The van der Waals surface area contributed by atoms with Gasteiger partial charge in [0.15, 0.2) is 23.0 Å². The molecule has 0 bridgehead atoms. The van der Waals surface area contributed by atoms with Gasteiger partial charge in [0.05, 0.1) is 35.5 Å². The third-order valence-electron chi connectivity index (χ3n) is 4.56. The van der Waals surface area contributed by atoms with E-state index in [-0.39, 0.29) is 0 Å². The zero-order valence-electron chi connectivity index (χ0n) is 15.8. The summed E-state index contributed by atoms with van der Waals surface area (Å²) in [5.74, 6) is 2.03. The Morgan fingerprint density at radius 2 is 1.86 bits per heavy atom. The maximum atomic E-state index is 5.37. The first-order chi connectivity index (χ1) is 14.2. The van der Waals surface area contributed by atoms with Crippen molar-refractivity contribution >= 4 is 38.7 Å². The summed E-state index contributed by atoms with van der Waals surface area (Å²) in [6, 6.07) is 15.6. The molecule has 0 aliphatic rings. The van der Waals surface area contributed by atoms with E-state index < -0.39 is 0 Å². The summed E-state index contributed by atoms with van der Waals surface area (Å²) in [6.45, 7) is 0. The molecule has 0 saturated carbocycles. The van der Waals surface area contributed by atoms with Crippen LogP contribution in [0.5, 0.6) is 11.5 Å². The van der Waals surface area contributed by atoms with Gasteiger partial charge in [0.1, 0.15) is 5.69 Å². The summed E-state index contributed by atoms with van der Waals surface area (Å²) in [5, 5.41) is 8.05. The molecule has 0 fully saturated rings. The van der Waals surface area contributed by atoms with E-state index in [0.29, 0.717) is 17.3 Å². The summed E-state index contributed by atoms with van der Waals surface area (Å²) in [5.41, 5.74) is 3.53. The molecule has 29 heavy (non-hydrogen) atoms. The normalized spacial score (nSPS) is 11.1. The van der Waals surface area contributed by atoms with Crippen molar-refractivity contribution in [1.29, 1.82) is 0 Å². The molecule has 4 heterocycles. The molecule has 5 aromatic rings. The molecule has 0 unspecified atom stereocenters. The van der Waals surface area contributed by atoms with Gasteiger partial charge in [-0.3, -0.25) is 4.98 Å². The van der Waals surface area contributed by atoms with Gasteiger partial charge < -0.3 is 14.8 Å². The third kappa shape index (κ3) is 3.13. The Morgan fingerprint density at radius 3 is 2.69 bits per heavy atom. The number of thiophene rings is 1. The predicted octanol–water partition coefficient (Wildman–Crippen LogP) is 4.77. The predicted molar refractivity (Wildman–Crippen MR) is 114 cm³/mol. The number of fused-ring (bicyclic) bond motifs is 2. The molecule has 8 heteroatoms. The van der Waals surface area contributed by atoms with Gasteiger partial charge in [-0.25, -0.2) is 9.50 Å². The van der Waals surface area contributed by atoms with Crippen LogP contribution < -0.4 is 14.8 Å². The van der Waals surface area contributed by atoms with Gasteiger partial charge in [0.2, 0.25) is 0 Å². The minimum absolute atomic E-state index is 0.652. The number of anilines is 2. The van der Waals surface area contributed by atoms with Gasteiger partial charge in [-0.15, -0.1) is 16.4 Å². The van der Waals surface area contributed by atoms with Crippen LogP contribution >= 0.6 is 11.3 Å². The van der Waals surface area contributed by atoms with Gasteiger partial charge >= 0.3 is 0 Å². The van der Waals surface area contributed by atoms with Crippen LogP contribution in [-0.2, 0) is 0 Å². The lowest BCUT2D eigenvalue weighted by Gasteiger charge is -2.11. The van der Waals surface area contributed by atoms with E-state index in [2.05, 4.69) is 27.4 Å². The summed E-state index contributed by atoms with van der Waals surface area (Å²) in [4.78, 5) is 9.98. The number of ether oxygens (including phenoxy) is 2. The average molecular weight is 403 g/mol. The summed E-state index contributed by atoms with van der Waals surface area (Å²) in [7, 11) is 3.23. The van der Waals surface area contributed by atoms with Crippen molar-refractivity contribution in [3.8, 4) is 22.1 Å². The number of rotatable bonds is 5. The van der Waals surface area contributed by atoms with E-state index in [4.69, 9.17) is 14.6 Å². The number of pyridine rings is 1. The summed E-state index contributed by atoms with van der Waals surface area (Å²) in [6.07, 6.45) is 3.64. The SMILES string of the molecule is COc1ccc(Nc2ccc3ncc(-c4cc5ncccc5s4)n3n2)cc1OC. The van der Waals surface area contributed by atoms with Crippen LogP contribution in [0.15, 0.2) is 60.9 Å². The maximum absolute atomic E-state index is 5.37. The minimum atomic E-state index is 0.652. The van der Waals surface area contributed by atoms with Crippen molar-refractivity contribution < 1.29 is 9.47 Å². The highest BCUT2D eigenvalue weighted by atomic mass is 32.1. The van der Waals surface area contributed by atoms with Crippen molar-refractivity contribution in [1.82, 2.24) is 19.6 Å². The standard InChI is InChI=1S/C21H17N5O2S/c1-27-16-6-5-13(10-17(16)28-2)24-20-7-8-21-23-12-15(26(21)25-20)19-11-14-18(29-19)4-3-9-22-14/h3-12H,1-2H3,(H,24,25). The van der Waals surface area contributed by atoms with Crippen LogP contribution in [0.25, 0.3) is 26.4 Å². The number of nitrogens with one attached hydrogen (secondary N) is 1. The van der Waals surface area contributed by atoms with Crippen LogP contribution in [0.4, 0.5) is 11.5 Å². The summed E-state index contributed by atoms with van der Waals surface area (Å²) < 4.78 is 13.6. The Bertz CT molecular complexity index is 1290. The molecule has 0 spiro atoms. The molecule has 0 atom stereocenters. The summed E-state index contributed by atoms with van der Waals surface area (Å²) >= 11 is 1.67. The molecule has 0 aliphatic heterocycles. The largest absolute Gasteiger partial charge is 0.493 e. The molecule has 4 aromatic heterocycles. The highest BCUT2D eigenvalue weighted by Gasteiger charge is 2.12. The number of hydrogen-bond donors (Lipinski definition) is 1. The van der Waals surface area contributed by atoms with E-state index in [1.807, 2.05) is 47.1 Å². The number of nitrogens with zero attached hydrogens (tertiary/aromatic N) is 4. The molecule has 0 radical (unpaired) electrons. The monoisotopic (exact) mass is 403 g/mol. The molecule has 7 nitrogen and oxygen atoms in total. The number of imidazole rings is 1. The second-order valence-corrected chi connectivity index (χ2v) is 7.41.